The molecule has 10 atom stereocenters. The third kappa shape index (κ3) is 24.1. The molecule has 6 fully saturated rings. The number of β-amino-alcohol motifs (C(OH)–C–C–N with tert-alkyl or cyclic N) is 1. The van der Waals surface area contributed by atoms with Crippen molar-refractivity contribution in [3.8, 4) is 11.3 Å². The van der Waals surface area contributed by atoms with E-state index < -0.39 is 62.3 Å². The van der Waals surface area contributed by atoms with Crippen molar-refractivity contribution < 1.29 is 106 Å². The molecule has 3 amide bonds. The summed E-state index contributed by atoms with van der Waals surface area (Å²) in [6, 6.07) is 32.0. The molecule has 6 aliphatic heterocycles. The molecule has 0 bridgehead atoms. The fourth-order valence-corrected chi connectivity index (χ4v) is 9.63. The molecule has 9 N–H and O–H groups in total. The number of nitrogens with zero attached hydrogens (tertiary/aromatic N) is 7. The summed E-state index contributed by atoms with van der Waals surface area (Å²) in [5.41, 5.74) is 11.7. The first-order valence-electron chi connectivity index (χ1n) is 28.5. The molecular weight excluding hydrogens is 1310 g/mol. The number of anilines is 2. The Morgan fingerprint density at radius 1 is 0.663 bits per heavy atom. The Hall–Kier alpha value is -7.66. The van der Waals surface area contributed by atoms with Gasteiger partial charge in [0.15, 0.2) is 0 Å². The van der Waals surface area contributed by atoms with Gasteiger partial charge in [-0.15, -0.1) is 0 Å². The van der Waals surface area contributed by atoms with E-state index in [0.717, 1.165) is 39.0 Å². The van der Waals surface area contributed by atoms with Gasteiger partial charge in [0.2, 0.25) is 5.95 Å². The zero-order chi connectivity index (χ0) is 64.2. The number of carboxylic acid groups (broad SMARTS) is 1. The number of nitrogens with one attached hydrogen (secondary N) is 2. The number of nitrogen functional groups attached to an aromatic ring is 1. The summed E-state index contributed by atoms with van der Waals surface area (Å²) in [6.07, 6.45) is -2.26. The minimum Gasteiger partial charge on any atom is -0.483 e. The zero-order valence-electron chi connectivity index (χ0n) is 51.8. The Morgan fingerprint density at radius 2 is 1.11 bits per heavy atom. The number of morpholine rings is 1. The maximum atomic E-state index is 14.1. The number of halogens is 5. The average Bonchev–Trinajstić information content (AvgIpc) is 1.66. The van der Waals surface area contributed by atoms with E-state index >= 15 is 0 Å². The van der Waals surface area contributed by atoms with E-state index in [1.165, 1.54) is 31.1 Å². The number of rotatable bonds is 11. The van der Waals surface area contributed by atoms with Crippen molar-refractivity contribution >= 4 is 47.4 Å². The predicted octanol–water partition coefficient (Wildman–Crippen LogP) is 7.99. The fraction of sp³-hybridized carbons (Fsp3) is 0.452. The number of aromatic amines is 1. The minimum absolute atomic E-state index is 0. The summed E-state index contributed by atoms with van der Waals surface area (Å²) in [7, 11) is 3.51. The fourth-order valence-electron chi connectivity index (χ4n) is 9.63. The van der Waals surface area contributed by atoms with E-state index in [2.05, 4.69) is 25.3 Å². The predicted molar refractivity (Wildman–Crippen MR) is 332 cm³/mol. The number of amides is 3. The molecule has 30 heteroatoms. The van der Waals surface area contributed by atoms with Crippen molar-refractivity contribution in [2.24, 2.45) is 0 Å². The first-order chi connectivity index (χ1) is 43.0. The van der Waals surface area contributed by atoms with Crippen LogP contribution in [0.3, 0.4) is 0 Å². The summed E-state index contributed by atoms with van der Waals surface area (Å²) < 4.78 is 104. The van der Waals surface area contributed by atoms with Crippen molar-refractivity contribution in [3.05, 3.63) is 146 Å². The summed E-state index contributed by atoms with van der Waals surface area (Å²) >= 11 is 0. The molecule has 24 nitrogen and oxygen atoms in total. The Kier molecular flexibility index (Phi) is 35.7. The number of nitrogens with two attached hydrogens (primary N) is 1. The summed E-state index contributed by atoms with van der Waals surface area (Å²) in [4.78, 5) is 65.1. The van der Waals surface area contributed by atoms with Crippen molar-refractivity contribution in [1.82, 2.24) is 46.1 Å². The molecule has 6 saturated heterocycles. The van der Waals surface area contributed by atoms with Gasteiger partial charge >= 0.3 is 18.3 Å². The van der Waals surface area contributed by atoms with Gasteiger partial charge in [-0.2, -0.15) is 0 Å². The molecular formula is C62H85F5N11O13Pd-. The maximum absolute atomic E-state index is 14.1. The second-order valence-electron chi connectivity index (χ2n) is 20.2. The Balaban J connectivity index is 0.000000393. The number of benzene rings is 3. The number of H-pyrrole nitrogens is 1. The molecule has 12 rings (SSSR count). The smallest absolute Gasteiger partial charge is 0.410 e. The van der Waals surface area contributed by atoms with Gasteiger partial charge in [0.25, 0.3) is 6.47 Å². The van der Waals surface area contributed by atoms with Gasteiger partial charge in [0.05, 0.1) is 71.1 Å². The monoisotopic (exact) mass is 1390 g/mol. The Labute approximate surface area is 547 Å². The molecule has 512 valence electrons. The molecule has 6 aromatic rings. The quantitative estimate of drug-likeness (QED) is 0.0179. The van der Waals surface area contributed by atoms with Crippen LogP contribution in [0.5, 0.6) is 0 Å². The number of likely N-dealkylation sites (tertiary alicyclic amines) is 3. The second kappa shape index (κ2) is 41.7. The van der Waals surface area contributed by atoms with E-state index in [4.69, 9.17) is 50.2 Å². The second-order valence-corrected chi connectivity index (χ2v) is 20.2. The summed E-state index contributed by atoms with van der Waals surface area (Å²) in [6.45, 7) is 3.84. The van der Waals surface area contributed by atoms with E-state index in [9.17, 15) is 41.4 Å². The largest absolute Gasteiger partial charge is 0.483 e. The number of aromatic nitrogens is 4. The molecule has 2 unspecified atom stereocenters. The van der Waals surface area contributed by atoms with Gasteiger partial charge in [0.1, 0.15) is 86.8 Å². The first kappa shape index (κ1) is 78.6. The van der Waals surface area contributed by atoms with E-state index in [-0.39, 0.29) is 124 Å². The third-order valence-corrected chi connectivity index (χ3v) is 14.3. The van der Waals surface area contributed by atoms with Crippen LogP contribution in [-0.4, -0.2) is 225 Å². The van der Waals surface area contributed by atoms with Crippen LogP contribution < -0.4 is 22.1 Å². The normalized spacial score (nSPS) is 22.6. The number of hydrogen-bond acceptors (Lipinski definition) is 19. The van der Waals surface area contributed by atoms with E-state index in [0.29, 0.717) is 45.0 Å². The number of aliphatic hydroxyl groups is 1. The molecule has 3 aromatic carbocycles. The topological polar surface area (TPSA) is 317 Å². The van der Waals surface area contributed by atoms with Crippen LogP contribution in [0.1, 0.15) is 25.5 Å². The van der Waals surface area contributed by atoms with Crippen LogP contribution in [-0.2, 0) is 78.2 Å². The van der Waals surface area contributed by atoms with Crippen molar-refractivity contribution in [3.63, 3.8) is 0 Å². The number of epoxide rings is 1. The van der Waals surface area contributed by atoms with Crippen LogP contribution in [0.15, 0.2) is 122 Å². The van der Waals surface area contributed by atoms with Gasteiger partial charge in [0, 0.05) is 85.5 Å². The zero-order valence-corrected chi connectivity index (χ0v) is 52.4. The van der Waals surface area contributed by atoms with Gasteiger partial charge < -0.3 is 92.6 Å². The van der Waals surface area contributed by atoms with Crippen molar-refractivity contribution in [2.45, 2.75) is 88.6 Å². The van der Waals surface area contributed by atoms with Crippen molar-refractivity contribution in [2.75, 3.05) is 105 Å². The molecule has 0 radical (unpaired) electrons. The number of ether oxygens (including phenoxy) is 7. The molecule has 0 saturated carbocycles. The summed E-state index contributed by atoms with van der Waals surface area (Å²) in [5.74, 6) is 0.205. The molecule has 6 aliphatic rings. The molecule has 92 heavy (non-hydrogen) atoms. The number of pyridine rings is 1. The van der Waals surface area contributed by atoms with Crippen LogP contribution in [0.4, 0.5) is 48.0 Å². The third-order valence-electron chi connectivity index (χ3n) is 14.3. The van der Waals surface area contributed by atoms with Crippen LogP contribution >= 0.6 is 0 Å². The molecule has 0 spiro atoms. The van der Waals surface area contributed by atoms with E-state index in [1.54, 1.807) is 23.4 Å². The van der Waals surface area contributed by atoms with Crippen LogP contribution in [0.2, 0.25) is 0 Å². The molecule has 3 aromatic heterocycles. The molecule has 9 heterocycles. The first-order valence-corrected chi connectivity index (χ1v) is 27.8. The summed E-state index contributed by atoms with van der Waals surface area (Å²) in [5, 5.41) is 19.8. The Morgan fingerprint density at radius 3 is 1.52 bits per heavy atom. The van der Waals surface area contributed by atoms with Crippen LogP contribution in [0.25, 0.3) is 22.3 Å². The van der Waals surface area contributed by atoms with Crippen molar-refractivity contribution in [1.29, 1.82) is 0 Å². The average molecular weight is 1390 g/mol. The standard InChI is InChI=1S/C16H17FN6O.C13H16FNO3.C12H14FNO3.C12H13NO3.C5H10FNO.CH3F.CH2O2.CH4.CH3.H3N.Pd/c1-24-13-8-23(7-10(13)17)12-3-5-19-15-14(12)9(6-21-15)11-2-4-20-16(18)22-11;1-17-12-8-15(7-11(12)14)13(16)18-9-10-5-3-2-4-6-10;13-10-6-14(7-11(10)15)12(16)17-8-9-4-2-1-3-5-9;14-12(13-6-10-11(7-13)16-10)15-8-9-4-2-1-3-5-9;1-8-5-3-7-2-4(5)6;1-2;2-1-3;;;;/h2-6,10,13H,7-8H2,1H3,(H,19,21)(H2,18,20,22);2-6,11-12H,7-9H2,1H3;1-5,10-11,15H,6-8H2;1-5,10-11H,6-8H2;4-5,7H,2-3H2,1H3;1H3;1H,(H,2,3);1H4;2*1H3;/q;;;;;;;;-1;;/t10-,13-;11-,12-;10-,11-;;4-,5-;;;;;;/m111.1....../s1/i;;;;;1D;;;;;. The van der Waals surface area contributed by atoms with Gasteiger partial charge in [-0.25, -0.2) is 46.9 Å². The van der Waals surface area contributed by atoms with Gasteiger partial charge in [-0.05, 0) is 28.8 Å². The number of fused-ring (bicyclic) bond motifs is 2. The molecule has 0 aliphatic carbocycles. The van der Waals surface area contributed by atoms with E-state index in [1.807, 2.05) is 108 Å². The number of alkyl halides is 5. The SMILES string of the molecule is C.CO[C@@H]1CN(C(=O)OCc2ccccc2)C[C@H]1F.CO[C@@H]1CN(c2ccnc3[nH]cc(-c4ccnc(N)n4)c23)C[C@H]1F.CO[C@@H]1CNC[C@H]1F.N.O=C(OCc1ccccc1)N1CC2OC2C1.O=C(OCc1ccccc1)N1C[C@@H](O)[C@H](F)C1.O=CO.[2H]CF.[CH3-].[Pd]. The van der Waals surface area contributed by atoms with Gasteiger partial charge in [-0.1, -0.05) is 98.4 Å². The van der Waals surface area contributed by atoms with Crippen LogP contribution in [0, 0.1) is 7.43 Å². The number of methoxy groups -OCH3 is 3. The Bertz CT molecular complexity index is 3070. The minimum atomic E-state index is -1.38. The number of aliphatic hydroxyl groups excluding tert-OH is 1. The number of carbonyl (C=O) groups is 4. The number of hydrogen-bond donors (Lipinski definition) is 6. The number of carbonyl (C=O) groups excluding carboxylic acids is 3. The maximum Gasteiger partial charge on any atom is 0.410 e. The van der Waals surface area contributed by atoms with Gasteiger partial charge in [-0.3, -0.25) is 9.18 Å².